The standard InChI is InChI=1S/C16H22N4O2S/c1-9-7-10(2)15-17-11(3)8-20(15)14(9)13-12(4)16(19(5)18-13)23(6,21)22/h7,11H,8H2,1-6H3. The number of hydrogen-bond donors (Lipinski definition) is 0. The Balaban J connectivity index is 2.23. The normalized spacial score (nSPS) is 21.5. The average Bonchev–Trinajstić information content (AvgIpc) is 2.90. The molecule has 6 nitrogen and oxygen atoms in total. The first-order valence-electron chi connectivity index (χ1n) is 7.60. The molecule has 23 heavy (non-hydrogen) atoms. The van der Waals surface area contributed by atoms with Gasteiger partial charge in [-0.3, -0.25) is 9.67 Å². The summed E-state index contributed by atoms with van der Waals surface area (Å²) in [4.78, 5) is 6.86. The highest BCUT2D eigenvalue weighted by Gasteiger charge is 2.34. The van der Waals surface area contributed by atoms with E-state index in [1.165, 1.54) is 10.9 Å². The number of aromatic nitrogens is 2. The van der Waals surface area contributed by atoms with Gasteiger partial charge >= 0.3 is 0 Å². The number of allylic oxidation sites excluding steroid dienone is 2. The lowest BCUT2D eigenvalue weighted by atomic mass is 10.0. The summed E-state index contributed by atoms with van der Waals surface area (Å²) in [6.45, 7) is 8.78. The highest BCUT2D eigenvalue weighted by molar-refractivity contribution is 7.90. The number of aliphatic imine (C=N–C) groups is 1. The van der Waals surface area contributed by atoms with E-state index in [1.807, 2.05) is 13.8 Å². The molecule has 1 unspecified atom stereocenters. The molecule has 0 saturated heterocycles. The molecule has 0 aromatic carbocycles. The molecule has 0 radical (unpaired) electrons. The van der Waals surface area contributed by atoms with Crippen LogP contribution in [0.15, 0.2) is 27.2 Å². The average molecular weight is 334 g/mol. The van der Waals surface area contributed by atoms with E-state index in [0.717, 1.165) is 34.9 Å². The van der Waals surface area contributed by atoms with Crippen LogP contribution < -0.4 is 0 Å². The van der Waals surface area contributed by atoms with E-state index in [1.54, 1.807) is 7.05 Å². The zero-order chi connectivity index (χ0) is 17.1. The summed E-state index contributed by atoms with van der Waals surface area (Å²) in [5, 5.41) is 4.78. The van der Waals surface area contributed by atoms with E-state index in [-0.39, 0.29) is 11.1 Å². The Labute approximate surface area is 137 Å². The molecule has 0 spiro atoms. The molecule has 1 aromatic rings. The molecule has 0 bridgehead atoms. The van der Waals surface area contributed by atoms with Crippen LogP contribution in [0.25, 0.3) is 5.70 Å². The molecule has 0 amide bonds. The van der Waals surface area contributed by atoms with Crippen molar-refractivity contribution in [2.45, 2.75) is 38.8 Å². The van der Waals surface area contributed by atoms with Crippen LogP contribution in [0.5, 0.6) is 0 Å². The third kappa shape index (κ3) is 2.43. The molecule has 124 valence electrons. The van der Waals surface area contributed by atoms with Gasteiger partial charge in [0.2, 0.25) is 0 Å². The van der Waals surface area contributed by atoms with E-state index in [9.17, 15) is 8.42 Å². The second-order valence-corrected chi connectivity index (χ2v) is 8.38. The van der Waals surface area contributed by atoms with Crippen molar-refractivity contribution in [1.82, 2.24) is 14.7 Å². The first-order chi connectivity index (χ1) is 10.6. The van der Waals surface area contributed by atoms with E-state index in [4.69, 9.17) is 4.99 Å². The summed E-state index contributed by atoms with van der Waals surface area (Å²) in [5.41, 5.74) is 4.58. The topological polar surface area (TPSA) is 67.6 Å². The number of fused-ring (bicyclic) bond motifs is 1. The Morgan fingerprint density at radius 2 is 1.91 bits per heavy atom. The predicted octanol–water partition coefficient (Wildman–Crippen LogP) is 1.93. The zero-order valence-electron chi connectivity index (χ0n) is 14.4. The van der Waals surface area contributed by atoms with Crippen molar-refractivity contribution in [2.24, 2.45) is 12.0 Å². The second kappa shape index (κ2) is 5.06. The fourth-order valence-electron chi connectivity index (χ4n) is 3.52. The van der Waals surface area contributed by atoms with Crippen LogP contribution >= 0.6 is 0 Å². The number of sulfone groups is 1. The van der Waals surface area contributed by atoms with Crippen LogP contribution in [0.2, 0.25) is 0 Å². The van der Waals surface area contributed by atoms with Crippen LogP contribution in [0.4, 0.5) is 0 Å². The van der Waals surface area contributed by atoms with Gasteiger partial charge in [0.1, 0.15) is 11.5 Å². The van der Waals surface area contributed by atoms with Gasteiger partial charge in [-0.2, -0.15) is 5.10 Å². The van der Waals surface area contributed by atoms with Crippen molar-refractivity contribution < 1.29 is 8.42 Å². The summed E-state index contributed by atoms with van der Waals surface area (Å²) in [7, 11) is -1.65. The summed E-state index contributed by atoms with van der Waals surface area (Å²) in [5.74, 6) is 0.962. The summed E-state index contributed by atoms with van der Waals surface area (Å²) >= 11 is 0. The van der Waals surface area contributed by atoms with Gasteiger partial charge in [-0.05, 0) is 38.8 Å². The Kier molecular flexibility index (Phi) is 3.51. The van der Waals surface area contributed by atoms with Crippen LogP contribution in [-0.2, 0) is 16.9 Å². The molecular formula is C16H22N4O2S. The lowest BCUT2D eigenvalue weighted by Crippen LogP contribution is -2.31. The molecule has 0 fully saturated rings. The van der Waals surface area contributed by atoms with Crippen LogP contribution in [-0.4, -0.2) is 47.8 Å². The van der Waals surface area contributed by atoms with Crippen molar-refractivity contribution in [1.29, 1.82) is 0 Å². The monoisotopic (exact) mass is 334 g/mol. The molecular weight excluding hydrogens is 312 g/mol. The van der Waals surface area contributed by atoms with Crippen LogP contribution in [0, 0.1) is 6.92 Å². The maximum atomic E-state index is 12.1. The van der Waals surface area contributed by atoms with Crippen molar-refractivity contribution in [2.75, 3.05) is 12.8 Å². The summed E-state index contributed by atoms with van der Waals surface area (Å²) < 4.78 is 25.6. The quantitative estimate of drug-likeness (QED) is 0.829. The van der Waals surface area contributed by atoms with Crippen molar-refractivity contribution in [3.05, 3.63) is 28.5 Å². The van der Waals surface area contributed by atoms with Gasteiger partial charge in [-0.15, -0.1) is 0 Å². The molecule has 1 atom stereocenters. The maximum Gasteiger partial charge on any atom is 0.192 e. The Bertz CT molecular complexity index is 887. The van der Waals surface area contributed by atoms with Gasteiger partial charge in [-0.1, -0.05) is 6.08 Å². The SMILES string of the molecule is CC1=CC(C)=C(c2nn(C)c(S(C)(=O)=O)c2C)N2CC(C)N=C12. The number of rotatable bonds is 2. The zero-order valence-corrected chi connectivity index (χ0v) is 15.2. The number of nitrogens with zero attached hydrogens (tertiary/aromatic N) is 4. The van der Waals surface area contributed by atoms with E-state index in [2.05, 4.69) is 29.9 Å². The molecule has 0 saturated carbocycles. The Morgan fingerprint density at radius 3 is 2.48 bits per heavy atom. The Morgan fingerprint density at radius 1 is 1.26 bits per heavy atom. The van der Waals surface area contributed by atoms with Gasteiger partial charge in [-0.25, -0.2) is 8.42 Å². The number of amidine groups is 1. The molecule has 3 heterocycles. The van der Waals surface area contributed by atoms with Crippen molar-refractivity contribution in [3.63, 3.8) is 0 Å². The molecule has 2 aliphatic rings. The first kappa shape index (κ1) is 16.0. The van der Waals surface area contributed by atoms with Crippen LogP contribution in [0.1, 0.15) is 32.0 Å². The van der Waals surface area contributed by atoms with Gasteiger partial charge in [0.25, 0.3) is 0 Å². The van der Waals surface area contributed by atoms with Gasteiger partial charge in [0.15, 0.2) is 14.9 Å². The minimum atomic E-state index is -3.33. The fourth-order valence-corrected chi connectivity index (χ4v) is 4.70. The lowest BCUT2D eigenvalue weighted by Gasteiger charge is -2.29. The summed E-state index contributed by atoms with van der Waals surface area (Å²) in [6.07, 6.45) is 3.31. The molecule has 0 aliphatic carbocycles. The fraction of sp³-hybridized carbons (Fsp3) is 0.500. The third-order valence-corrected chi connectivity index (χ3v) is 5.54. The van der Waals surface area contributed by atoms with Crippen molar-refractivity contribution >= 4 is 21.4 Å². The van der Waals surface area contributed by atoms with Gasteiger partial charge in [0, 0.05) is 25.4 Å². The van der Waals surface area contributed by atoms with Crippen LogP contribution in [0.3, 0.4) is 0 Å². The second-order valence-electron chi connectivity index (χ2n) is 6.45. The van der Waals surface area contributed by atoms with Gasteiger partial charge < -0.3 is 4.90 Å². The van der Waals surface area contributed by atoms with E-state index < -0.39 is 9.84 Å². The molecule has 2 aliphatic heterocycles. The van der Waals surface area contributed by atoms with E-state index >= 15 is 0 Å². The number of hydrogen-bond acceptors (Lipinski definition) is 5. The molecule has 1 aromatic heterocycles. The minimum Gasteiger partial charge on any atom is -0.322 e. The molecule has 7 heteroatoms. The molecule has 0 N–H and O–H groups in total. The maximum absolute atomic E-state index is 12.1. The first-order valence-corrected chi connectivity index (χ1v) is 9.49. The molecule has 3 rings (SSSR count). The lowest BCUT2D eigenvalue weighted by molar-refractivity contribution is 0.566. The Hall–Kier alpha value is -1.89. The number of aryl methyl sites for hydroxylation is 1. The van der Waals surface area contributed by atoms with Crippen molar-refractivity contribution in [3.8, 4) is 0 Å². The highest BCUT2D eigenvalue weighted by Crippen LogP contribution is 2.35. The largest absolute Gasteiger partial charge is 0.322 e. The van der Waals surface area contributed by atoms with Gasteiger partial charge in [0.05, 0.1) is 11.7 Å². The van der Waals surface area contributed by atoms with E-state index in [0.29, 0.717) is 5.56 Å². The highest BCUT2D eigenvalue weighted by atomic mass is 32.2. The smallest absolute Gasteiger partial charge is 0.192 e. The summed E-state index contributed by atoms with van der Waals surface area (Å²) in [6, 6.07) is 0.215. The minimum absolute atomic E-state index is 0.215. The third-order valence-electron chi connectivity index (χ3n) is 4.27. The predicted molar refractivity (Wildman–Crippen MR) is 91.0 cm³/mol.